The predicted molar refractivity (Wildman–Crippen MR) is 106 cm³/mol. The van der Waals surface area contributed by atoms with Crippen molar-refractivity contribution >= 4 is 11.7 Å². The van der Waals surface area contributed by atoms with E-state index in [1.807, 2.05) is 32.0 Å². The highest BCUT2D eigenvalue weighted by Gasteiger charge is 2.25. The molecule has 2 aromatic heterocycles. The number of pyridine rings is 1. The lowest BCUT2D eigenvalue weighted by Crippen LogP contribution is -2.32. The molecule has 27 heavy (non-hydrogen) atoms. The van der Waals surface area contributed by atoms with Crippen molar-refractivity contribution < 1.29 is 4.79 Å². The largest absolute Gasteiger partial charge is 0.355 e. The van der Waals surface area contributed by atoms with Gasteiger partial charge in [0.2, 0.25) is 5.82 Å². The van der Waals surface area contributed by atoms with Crippen LogP contribution in [0.5, 0.6) is 0 Å². The van der Waals surface area contributed by atoms with Crippen LogP contribution >= 0.6 is 0 Å². The summed E-state index contributed by atoms with van der Waals surface area (Å²) >= 11 is 0. The molecule has 3 rings (SSSR count). The van der Waals surface area contributed by atoms with E-state index in [-0.39, 0.29) is 17.8 Å². The molecule has 1 aliphatic rings. The van der Waals surface area contributed by atoms with Gasteiger partial charge in [-0.25, -0.2) is 9.97 Å². The second-order valence-corrected chi connectivity index (χ2v) is 7.23. The van der Waals surface area contributed by atoms with Crippen LogP contribution in [0.25, 0.3) is 0 Å². The van der Waals surface area contributed by atoms with Gasteiger partial charge in [0.05, 0.1) is 0 Å². The highest BCUT2D eigenvalue weighted by Crippen LogP contribution is 2.23. The molecule has 1 saturated heterocycles. The van der Waals surface area contributed by atoms with Gasteiger partial charge in [-0.05, 0) is 45.2 Å². The van der Waals surface area contributed by atoms with Crippen LogP contribution in [0.3, 0.4) is 0 Å². The molecule has 7 nitrogen and oxygen atoms in total. The molecule has 3 heterocycles. The molecule has 1 amide bonds. The maximum absolute atomic E-state index is 12.8. The number of anilines is 1. The van der Waals surface area contributed by atoms with Crippen molar-refractivity contribution in [2.75, 3.05) is 31.6 Å². The number of nitrogens with two attached hydrogens (primary N) is 1. The number of amides is 1. The van der Waals surface area contributed by atoms with Crippen molar-refractivity contribution in [1.29, 1.82) is 0 Å². The van der Waals surface area contributed by atoms with E-state index < -0.39 is 0 Å². The number of hydrogen-bond donors (Lipinski definition) is 1. The van der Waals surface area contributed by atoms with Gasteiger partial charge >= 0.3 is 0 Å². The Balaban J connectivity index is 1.67. The minimum absolute atomic E-state index is 0.149. The molecule has 2 aromatic rings. The van der Waals surface area contributed by atoms with E-state index >= 15 is 0 Å². The molecule has 7 heteroatoms. The molecule has 1 atom stereocenters. The van der Waals surface area contributed by atoms with Gasteiger partial charge in [-0.2, -0.15) is 0 Å². The quantitative estimate of drug-likeness (QED) is 0.835. The van der Waals surface area contributed by atoms with Crippen LogP contribution in [0.2, 0.25) is 0 Å². The van der Waals surface area contributed by atoms with Gasteiger partial charge in [-0.15, -0.1) is 0 Å². The third-order valence-corrected chi connectivity index (χ3v) is 5.08. The van der Waals surface area contributed by atoms with E-state index in [0.29, 0.717) is 6.54 Å². The summed E-state index contributed by atoms with van der Waals surface area (Å²) in [7, 11) is 1.80. The fourth-order valence-corrected chi connectivity index (χ4v) is 3.31. The summed E-state index contributed by atoms with van der Waals surface area (Å²) in [6.07, 6.45) is 4.42. The third-order valence-electron chi connectivity index (χ3n) is 5.08. The summed E-state index contributed by atoms with van der Waals surface area (Å²) in [6, 6.07) is 6.04. The first-order valence-electron chi connectivity index (χ1n) is 9.47. The van der Waals surface area contributed by atoms with Crippen LogP contribution in [0.15, 0.2) is 24.4 Å². The lowest BCUT2D eigenvalue weighted by atomic mass is 10.2. The maximum Gasteiger partial charge on any atom is 0.291 e. The van der Waals surface area contributed by atoms with Gasteiger partial charge in [0.15, 0.2) is 0 Å². The zero-order valence-electron chi connectivity index (χ0n) is 16.4. The Labute approximate surface area is 160 Å². The van der Waals surface area contributed by atoms with Crippen LogP contribution in [0.1, 0.15) is 40.4 Å². The van der Waals surface area contributed by atoms with Crippen LogP contribution in [-0.2, 0) is 6.42 Å². The molecule has 1 fully saturated rings. The highest BCUT2D eigenvalue weighted by atomic mass is 16.2. The molecular formula is C20H28N6O. The van der Waals surface area contributed by atoms with E-state index in [1.165, 1.54) is 0 Å². The lowest BCUT2D eigenvalue weighted by Gasteiger charge is -2.22. The van der Waals surface area contributed by atoms with Gasteiger partial charge in [0.1, 0.15) is 5.82 Å². The van der Waals surface area contributed by atoms with Gasteiger partial charge in [-0.1, -0.05) is 6.07 Å². The fourth-order valence-electron chi connectivity index (χ4n) is 3.31. The first-order chi connectivity index (χ1) is 13.0. The number of carbonyl (C=O) groups excluding carboxylic acids is 1. The zero-order chi connectivity index (χ0) is 19.4. The number of rotatable bonds is 6. The topological polar surface area (TPSA) is 88.2 Å². The maximum atomic E-state index is 12.8. The van der Waals surface area contributed by atoms with Crippen molar-refractivity contribution in [3.63, 3.8) is 0 Å². The Hall–Kier alpha value is -2.54. The monoisotopic (exact) mass is 368 g/mol. The van der Waals surface area contributed by atoms with Crippen molar-refractivity contribution in [1.82, 2.24) is 19.9 Å². The molecular weight excluding hydrogens is 340 g/mol. The molecule has 2 N–H and O–H groups in total. The van der Waals surface area contributed by atoms with E-state index in [4.69, 9.17) is 5.73 Å². The summed E-state index contributed by atoms with van der Waals surface area (Å²) in [5, 5.41) is 0. The Bertz CT molecular complexity index is 795. The van der Waals surface area contributed by atoms with Gasteiger partial charge < -0.3 is 15.5 Å². The summed E-state index contributed by atoms with van der Waals surface area (Å²) in [6.45, 7) is 6.19. The van der Waals surface area contributed by atoms with Crippen LogP contribution in [-0.4, -0.2) is 58.5 Å². The minimum atomic E-state index is -0.149. The SMILES string of the molecule is Cc1nc(C(=O)N(C)CCCc2ccccn2)nc(N2CC[C@@H](N)C2)c1C. The van der Waals surface area contributed by atoms with Gasteiger partial charge in [0.25, 0.3) is 5.91 Å². The lowest BCUT2D eigenvalue weighted by molar-refractivity contribution is 0.0781. The van der Waals surface area contributed by atoms with Crippen molar-refractivity contribution in [3.05, 3.63) is 47.2 Å². The predicted octanol–water partition coefficient (Wildman–Crippen LogP) is 1.73. The third kappa shape index (κ3) is 4.60. The van der Waals surface area contributed by atoms with Gasteiger partial charge in [0, 0.05) is 55.9 Å². The summed E-state index contributed by atoms with van der Waals surface area (Å²) in [4.78, 5) is 30.0. The molecule has 0 radical (unpaired) electrons. The molecule has 0 bridgehead atoms. The first kappa shape index (κ1) is 19.2. The average Bonchev–Trinajstić information content (AvgIpc) is 3.10. The average molecular weight is 368 g/mol. The van der Waals surface area contributed by atoms with E-state index in [2.05, 4.69) is 19.9 Å². The number of aromatic nitrogens is 3. The number of carbonyl (C=O) groups is 1. The van der Waals surface area contributed by atoms with E-state index in [9.17, 15) is 4.79 Å². The van der Waals surface area contributed by atoms with Crippen molar-refractivity contribution in [2.45, 2.75) is 39.2 Å². The molecule has 0 spiro atoms. The molecule has 0 unspecified atom stereocenters. The van der Waals surface area contributed by atoms with Crippen molar-refractivity contribution in [3.8, 4) is 0 Å². The number of nitrogens with zero attached hydrogens (tertiary/aromatic N) is 5. The van der Waals surface area contributed by atoms with Crippen LogP contribution in [0, 0.1) is 13.8 Å². The summed E-state index contributed by atoms with van der Waals surface area (Å²) in [5.41, 5.74) is 8.92. The Morgan fingerprint density at radius 1 is 1.33 bits per heavy atom. The Kier molecular flexibility index (Phi) is 6.01. The standard InChI is InChI=1S/C20H28N6O/c1-14-15(2)23-18(24-19(14)26-12-9-16(21)13-26)20(27)25(3)11-6-8-17-7-4-5-10-22-17/h4-5,7,10,16H,6,8-9,11-13,21H2,1-3H3/t16-/m1/s1. The second kappa shape index (κ2) is 8.43. The van der Waals surface area contributed by atoms with Crippen LogP contribution < -0.4 is 10.6 Å². The highest BCUT2D eigenvalue weighted by molar-refractivity contribution is 5.90. The molecule has 1 aliphatic heterocycles. The van der Waals surface area contributed by atoms with Gasteiger partial charge in [-0.3, -0.25) is 9.78 Å². The Morgan fingerprint density at radius 3 is 2.81 bits per heavy atom. The first-order valence-corrected chi connectivity index (χ1v) is 9.47. The minimum Gasteiger partial charge on any atom is -0.355 e. The Morgan fingerprint density at radius 2 is 2.15 bits per heavy atom. The summed E-state index contributed by atoms with van der Waals surface area (Å²) in [5.74, 6) is 0.943. The molecule has 0 saturated carbocycles. The zero-order valence-corrected chi connectivity index (χ0v) is 16.4. The number of hydrogen-bond acceptors (Lipinski definition) is 6. The molecule has 0 aliphatic carbocycles. The number of aryl methyl sites for hydroxylation is 2. The van der Waals surface area contributed by atoms with Crippen LogP contribution in [0.4, 0.5) is 5.82 Å². The van der Waals surface area contributed by atoms with E-state index in [0.717, 1.165) is 55.1 Å². The van der Waals surface area contributed by atoms with Crippen molar-refractivity contribution in [2.24, 2.45) is 5.73 Å². The molecule has 0 aromatic carbocycles. The normalized spacial score (nSPS) is 16.6. The second-order valence-electron chi connectivity index (χ2n) is 7.23. The fraction of sp³-hybridized carbons (Fsp3) is 0.500. The van der Waals surface area contributed by atoms with E-state index in [1.54, 1.807) is 18.1 Å². The smallest absolute Gasteiger partial charge is 0.291 e. The summed E-state index contributed by atoms with van der Waals surface area (Å²) < 4.78 is 0. The molecule has 144 valence electrons.